The second-order valence-electron chi connectivity index (χ2n) is 5.74. The van der Waals surface area contributed by atoms with Gasteiger partial charge in [0.15, 0.2) is 5.78 Å². The molecule has 1 aliphatic rings. The van der Waals surface area contributed by atoms with Crippen molar-refractivity contribution in [3.63, 3.8) is 0 Å². The number of ether oxygens (including phenoxy) is 1. The Hall–Kier alpha value is -3.12. The van der Waals surface area contributed by atoms with E-state index in [2.05, 4.69) is 0 Å². The lowest BCUT2D eigenvalue weighted by atomic mass is 10.0. The molecular formula is C19H18N2O4. The molecule has 0 radical (unpaired) electrons. The fourth-order valence-corrected chi connectivity index (χ4v) is 2.67. The second-order valence-corrected chi connectivity index (χ2v) is 5.74. The normalized spacial score (nSPS) is 13.2. The largest absolute Gasteiger partial charge is 0.493 e. The van der Waals surface area contributed by atoms with Gasteiger partial charge in [0, 0.05) is 37.0 Å². The number of ketones is 1. The number of hydroxylamine groups is 1. The zero-order chi connectivity index (χ0) is 17.8. The number of amides is 1. The molecule has 2 aromatic rings. The number of benzene rings is 1. The Morgan fingerprint density at radius 1 is 1.24 bits per heavy atom. The van der Waals surface area contributed by atoms with E-state index in [1.807, 2.05) is 36.0 Å². The first-order valence-corrected chi connectivity index (χ1v) is 7.83. The van der Waals surface area contributed by atoms with Gasteiger partial charge in [-0.2, -0.15) is 0 Å². The highest BCUT2D eigenvalue weighted by Gasteiger charge is 2.13. The number of rotatable bonds is 5. The number of hydrogen-bond donors (Lipinski definition) is 2. The Labute approximate surface area is 145 Å². The van der Waals surface area contributed by atoms with Crippen molar-refractivity contribution in [2.75, 3.05) is 6.61 Å². The predicted octanol–water partition coefficient (Wildman–Crippen LogP) is 2.37. The molecule has 1 amide bonds. The zero-order valence-corrected chi connectivity index (χ0v) is 13.7. The van der Waals surface area contributed by atoms with Gasteiger partial charge in [0.05, 0.1) is 6.61 Å². The quantitative estimate of drug-likeness (QED) is 0.380. The van der Waals surface area contributed by atoms with Crippen LogP contribution in [0.3, 0.4) is 0 Å². The van der Waals surface area contributed by atoms with Crippen LogP contribution in [-0.2, 0) is 18.3 Å². The smallest absolute Gasteiger partial charge is 0.267 e. The summed E-state index contributed by atoms with van der Waals surface area (Å²) in [5.41, 5.74) is 4.84. The SMILES string of the molecule is Cn1cc(/C=C/C(=O)c2ccc3c(c2)CCO3)cc1/C=C/C(=O)NO. The minimum Gasteiger partial charge on any atom is -0.493 e. The van der Waals surface area contributed by atoms with Gasteiger partial charge in [0.25, 0.3) is 5.91 Å². The Morgan fingerprint density at radius 2 is 2.08 bits per heavy atom. The van der Waals surface area contributed by atoms with Crippen molar-refractivity contribution in [2.24, 2.45) is 7.05 Å². The van der Waals surface area contributed by atoms with Crippen molar-refractivity contribution in [1.82, 2.24) is 10.0 Å². The fourth-order valence-electron chi connectivity index (χ4n) is 2.67. The summed E-state index contributed by atoms with van der Waals surface area (Å²) >= 11 is 0. The Balaban J connectivity index is 1.72. The molecule has 2 N–H and O–H groups in total. The average Bonchev–Trinajstić information content (AvgIpc) is 3.23. The highest BCUT2D eigenvalue weighted by molar-refractivity contribution is 6.07. The molecule has 0 saturated heterocycles. The van der Waals surface area contributed by atoms with Crippen molar-refractivity contribution >= 4 is 23.8 Å². The molecule has 0 unspecified atom stereocenters. The molecule has 128 valence electrons. The molecule has 0 spiro atoms. The number of aromatic nitrogens is 1. The van der Waals surface area contributed by atoms with Gasteiger partial charge in [0.2, 0.25) is 0 Å². The van der Waals surface area contributed by atoms with Gasteiger partial charge in [-0.05, 0) is 53.6 Å². The maximum atomic E-state index is 12.3. The molecule has 0 aliphatic carbocycles. The van der Waals surface area contributed by atoms with E-state index in [1.165, 1.54) is 17.6 Å². The summed E-state index contributed by atoms with van der Waals surface area (Å²) < 4.78 is 7.26. The first-order chi connectivity index (χ1) is 12.1. The van der Waals surface area contributed by atoms with Gasteiger partial charge < -0.3 is 9.30 Å². The second kappa shape index (κ2) is 7.19. The molecule has 0 atom stereocenters. The molecule has 0 bridgehead atoms. The van der Waals surface area contributed by atoms with E-state index in [4.69, 9.17) is 9.94 Å². The van der Waals surface area contributed by atoms with Crippen molar-refractivity contribution in [3.05, 3.63) is 65.0 Å². The molecule has 0 fully saturated rings. The molecule has 0 saturated carbocycles. The van der Waals surface area contributed by atoms with Crippen LogP contribution in [-0.4, -0.2) is 28.1 Å². The minimum atomic E-state index is -0.603. The third kappa shape index (κ3) is 3.87. The topological polar surface area (TPSA) is 80.6 Å². The Morgan fingerprint density at radius 3 is 2.88 bits per heavy atom. The molecule has 6 heteroatoms. The lowest BCUT2D eigenvalue weighted by Crippen LogP contribution is -2.14. The highest BCUT2D eigenvalue weighted by Crippen LogP contribution is 2.26. The molecule has 3 rings (SSSR count). The lowest BCUT2D eigenvalue weighted by Gasteiger charge is -2.00. The lowest BCUT2D eigenvalue weighted by molar-refractivity contribution is -0.124. The molecule has 1 aromatic heterocycles. The highest BCUT2D eigenvalue weighted by atomic mass is 16.5. The monoisotopic (exact) mass is 338 g/mol. The number of aryl methyl sites for hydroxylation is 1. The van der Waals surface area contributed by atoms with E-state index >= 15 is 0 Å². The minimum absolute atomic E-state index is 0.0738. The van der Waals surface area contributed by atoms with Crippen LogP contribution in [0.15, 0.2) is 42.6 Å². The maximum absolute atomic E-state index is 12.3. The summed E-state index contributed by atoms with van der Waals surface area (Å²) in [6.45, 7) is 0.664. The van der Waals surface area contributed by atoms with Crippen LogP contribution in [0.25, 0.3) is 12.2 Å². The number of hydrogen-bond acceptors (Lipinski definition) is 4. The summed E-state index contributed by atoms with van der Waals surface area (Å²) in [4.78, 5) is 23.4. The van der Waals surface area contributed by atoms with E-state index in [9.17, 15) is 9.59 Å². The average molecular weight is 338 g/mol. The summed E-state index contributed by atoms with van der Waals surface area (Å²) in [5, 5.41) is 8.49. The van der Waals surface area contributed by atoms with Gasteiger partial charge in [-0.1, -0.05) is 0 Å². The van der Waals surface area contributed by atoms with Crippen LogP contribution >= 0.6 is 0 Å². The first-order valence-electron chi connectivity index (χ1n) is 7.83. The number of fused-ring (bicyclic) bond motifs is 1. The first kappa shape index (κ1) is 16.7. The molecule has 2 heterocycles. The van der Waals surface area contributed by atoms with E-state index in [0.29, 0.717) is 12.2 Å². The van der Waals surface area contributed by atoms with Crippen LogP contribution in [0.5, 0.6) is 5.75 Å². The summed E-state index contributed by atoms with van der Waals surface area (Å²) in [6, 6.07) is 7.31. The standard InChI is InChI=1S/C19H18N2O4/c1-21-12-13(10-16(21)4-7-19(23)20-24)2-5-17(22)14-3-6-18-15(11-14)8-9-25-18/h2-7,10-12,24H,8-9H2,1H3,(H,20,23)/b5-2+,7-4+. The zero-order valence-electron chi connectivity index (χ0n) is 13.7. The van der Waals surface area contributed by atoms with E-state index in [0.717, 1.165) is 29.0 Å². The summed E-state index contributed by atoms with van der Waals surface area (Å²) in [6.07, 6.45) is 8.73. The van der Waals surface area contributed by atoms with Crippen LogP contribution in [0.2, 0.25) is 0 Å². The number of nitrogens with zero attached hydrogens (tertiary/aromatic N) is 1. The molecule has 1 aromatic carbocycles. The predicted molar refractivity (Wildman–Crippen MR) is 93.4 cm³/mol. The van der Waals surface area contributed by atoms with Gasteiger partial charge in [-0.15, -0.1) is 0 Å². The van der Waals surface area contributed by atoms with Gasteiger partial charge in [-0.3, -0.25) is 14.8 Å². The van der Waals surface area contributed by atoms with Gasteiger partial charge >= 0.3 is 0 Å². The van der Waals surface area contributed by atoms with E-state index in [-0.39, 0.29) is 5.78 Å². The molecule has 1 aliphatic heterocycles. The number of carbonyl (C=O) groups is 2. The molecule has 25 heavy (non-hydrogen) atoms. The number of nitrogens with one attached hydrogen (secondary N) is 1. The van der Waals surface area contributed by atoms with Crippen molar-refractivity contribution < 1.29 is 19.5 Å². The third-order valence-corrected chi connectivity index (χ3v) is 3.98. The van der Waals surface area contributed by atoms with Crippen LogP contribution in [0.4, 0.5) is 0 Å². The van der Waals surface area contributed by atoms with Gasteiger partial charge in [-0.25, -0.2) is 5.48 Å². The number of carbonyl (C=O) groups excluding carboxylic acids is 2. The maximum Gasteiger partial charge on any atom is 0.267 e. The van der Waals surface area contributed by atoms with Crippen LogP contribution in [0.1, 0.15) is 27.2 Å². The summed E-state index contributed by atoms with van der Waals surface area (Å²) in [7, 11) is 1.83. The fraction of sp³-hybridized carbons (Fsp3) is 0.158. The van der Waals surface area contributed by atoms with Crippen molar-refractivity contribution in [2.45, 2.75) is 6.42 Å². The van der Waals surface area contributed by atoms with Crippen LogP contribution < -0.4 is 10.2 Å². The van der Waals surface area contributed by atoms with Crippen LogP contribution in [0, 0.1) is 0 Å². The van der Waals surface area contributed by atoms with Gasteiger partial charge in [0.1, 0.15) is 5.75 Å². The molecule has 6 nitrogen and oxygen atoms in total. The van der Waals surface area contributed by atoms with Crippen molar-refractivity contribution in [1.29, 1.82) is 0 Å². The Bertz CT molecular complexity index is 878. The summed E-state index contributed by atoms with van der Waals surface area (Å²) in [5.74, 6) is 0.177. The Kier molecular flexibility index (Phi) is 4.81. The molecular weight excluding hydrogens is 320 g/mol. The van der Waals surface area contributed by atoms with E-state index < -0.39 is 5.91 Å². The number of allylic oxidation sites excluding steroid dienone is 1. The van der Waals surface area contributed by atoms with E-state index in [1.54, 1.807) is 18.2 Å². The third-order valence-electron chi connectivity index (χ3n) is 3.98. The van der Waals surface area contributed by atoms with Crippen molar-refractivity contribution in [3.8, 4) is 5.75 Å².